The predicted molar refractivity (Wildman–Crippen MR) is 146 cm³/mol. The normalized spacial score (nSPS) is 16.1. The van der Waals surface area contributed by atoms with Crippen molar-refractivity contribution in [1.29, 1.82) is 0 Å². The smallest absolute Gasteiger partial charge is 0.166 e. The third-order valence-corrected chi connectivity index (χ3v) is 6.72. The average molecular weight is 508 g/mol. The Morgan fingerprint density at radius 3 is 1.21 bits per heavy atom. The summed E-state index contributed by atoms with van der Waals surface area (Å²) >= 11 is 0. The molecule has 4 nitrogen and oxygen atoms in total. The van der Waals surface area contributed by atoms with E-state index in [0.717, 1.165) is 63.2 Å². The highest BCUT2D eigenvalue weighted by Gasteiger charge is 2.25. The van der Waals surface area contributed by atoms with Crippen molar-refractivity contribution in [1.82, 2.24) is 9.80 Å². The first-order valence-corrected chi connectivity index (χ1v) is 12.1. The quantitative estimate of drug-likeness (QED) is 0.392. The zero-order valence-electron chi connectivity index (χ0n) is 21.0. The molecule has 0 bridgehead atoms. The van der Waals surface area contributed by atoms with E-state index in [2.05, 4.69) is 47.9 Å². The fourth-order valence-corrected chi connectivity index (χ4v) is 4.47. The third-order valence-electron chi connectivity index (χ3n) is 6.72. The van der Waals surface area contributed by atoms with Crippen molar-refractivity contribution in [3.05, 3.63) is 70.8 Å². The van der Waals surface area contributed by atoms with E-state index in [1.165, 1.54) is 11.1 Å². The molecule has 1 aliphatic rings. The van der Waals surface area contributed by atoms with Gasteiger partial charge in [-0.3, -0.25) is 9.59 Å². The molecule has 1 heterocycles. The first-order chi connectivity index (χ1) is 15.4. The molecule has 0 amide bonds. The Hall–Kier alpha value is -1.72. The molecule has 2 aromatic carbocycles. The van der Waals surface area contributed by atoms with Crippen LogP contribution in [0, 0.1) is 11.8 Å². The van der Waals surface area contributed by atoms with E-state index in [0.29, 0.717) is 0 Å². The largest absolute Gasteiger partial charge is 0.300 e. The number of carbonyl (C=O) groups is 2. The standard InChI is InChI=1S/C28H38N2O2.2ClH/c1-5-23-7-11-25(12-8-23)27(31)21(3)19-29-15-17-30(18-16-29)20-22(4)28(32)26-13-9-24(6-2)10-14-26;;/h7-14,21-22H,5-6,15-20H2,1-4H3;2*1H. The zero-order chi connectivity index (χ0) is 23.1. The van der Waals surface area contributed by atoms with E-state index >= 15 is 0 Å². The van der Waals surface area contributed by atoms with E-state index in [9.17, 15) is 9.59 Å². The van der Waals surface area contributed by atoms with Crippen LogP contribution in [-0.4, -0.2) is 60.6 Å². The van der Waals surface area contributed by atoms with E-state index in [1.54, 1.807) is 0 Å². The monoisotopic (exact) mass is 506 g/mol. The van der Waals surface area contributed by atoms with E-state index in [4.69, 9.17) is 0 Å². The first kappa shape index (κ1) is 30.3. The molecule has 0 radical (unpaired) electrons. The number of halogens is 2. The molecule has 34 heavy (non-hydrogen) atoms. The molecule has 1 fully saturated rings. The van der Waals surface area contributed by atoms with E-state index < -0.39 is 0 Å². The van der Waals surface area contributed by atoms with Gasteiger partial charge < -0.3 is 9.80 Å². The minimum Gasteiger partial charge on any atom is -0.300 e. The number of rotatable bonds is 10. The molecule has 0 N–H and O–H groups in total. The fraction of sp³-hybridized carbons (Fsp3) is 0.500. The molecule has 0 aliphatic carbocycles. The second-order valence-electron chi connectivity index (χ2n) is 9.23. The summed E-state index contributed by atoms with van der Waals surface area (Å²) in [6, 6.07) is 16.1. The number of carbonyl (C=O) groups excluding carboxylic acids is 2. The minimum absolute atomic E-state index is 0. The van der Waals surface area contributed by atoms with Gasteiger partial charge in [-0.1, -0.05) is 76.2 Å². The van der Waals surface area contributed by atoms with Crippen LogP contribution < -0.4 is 0 Å². The highest BCUT2D eigenvalue weighted by atomic mass is 35.5. The molecule has 0 spiro atoms. The molecular formula is C28H40Cl2N2O2. The van der Waals surface area contributed by atoms with Crippen molar-refractivity contribution in [3.63, 3.8) is 0 Å². The number of aryl methyl sites for hydroxylation is 2. The van der Waals surface area contributed by atoms with Gasteiger partial charge in [-0.05, 0) is 24.0 Å². The lowest BCUT2D eigenvalue weighted by Gasteiger charge is -2.36. The van der Waals surface area contributed by atoms with Crippen molar-refractivity contribution in [2.45, 2.75) is 40.5 Å². The molecule has 2 unspecified atom stereocenters. The lowest BCUT2D eigenvalue weighted by molar-refractivity contribution is 0.0761. The van der Waals surface area contributed by atoms with Gasteiger partial charge in [0, 0.05) is 62.2 Å². The van der Waals surface area contributed by atoms with Crippen molar-refractivity contribution in [2.24, 2.45) is 11.8 Å². The predicted octanol–water partition coefficient (Wildman–Crippen LogP) is 5.61. The third kappa shape index (κ3) is 8.20. The molecule has 6 heteroatoms. The second-order valence-corrected chi connectivity index (χ2v) is 9.23. The highest BCUT2D eigenvalue weighted by Crippen LogP contribution is 2.16. The van der Waals surface area contributed by atoms with Gasteiger partial charge in [0.2, 0.25) is 0 Å². The summed E-state index contributed by atoms with van der Waals surface area (Å²) < 4.78 is 0. The van der Waals surface area contributed by atoms with E-state index in [-0.39, 0.29) is 48.2 Å². The van der Waals surface area contributed by atoms with Gasteiger partial charge in [-0.25, -0.2) is 0 Å². The summed E-state index contributed by atoms with van der Waals surface area (Å²) in [4.78, 5) is 30.4. The number of benzene rings is 2. The molecule has 0 aromatic heterocycles. The summed E-state index contributed by atoms with van der Waals surface area (Å²) in [5.41, 5.74) is 4.15. The maximum absolute atomic E-state index is 12.8. The Labute approximate surface area is 217 Å². The Morgan fingerprint density at radius 1 is 0.647 bits per heavy atom. The molecule has 188 valence electrons. The number of piperazine rings is 1. The van der Waals surface area contributed by atoms with Crippen LogP contribution in [0.1, 0.15) is 59.5 Å². The van der Waals surface area contributed by atoms with Gasteiger partial charge in [-0.15, -0.1) is 24.8 Å². The summed E-state index contributed by atoms with van der Waals surface area (Å²) in [5.74, 6) is 0.424. The van der Waals surface area contributed by atoms with Crippen LogP contribution in [0.3, 0.4) is 0 Å². The van der Waals surface area contributed by atoms with Gasteiger partial charge in [0.05, 0.1) is 0 Å². The number of Topliss-reactive ketones (excluding diaryl/α,β-unsaturated/α-hetero) is 2. The van der Waals surface area contributed by atoms with Gasteiger partial charge in [-0.2, -0.15) is 0 Å². The second kappa shape index (κ2) is 14.6. The maximum Gasteiger partial charge on any atom is 0.166 e. The molecule has 3 rings (SSSR count). The molecular weight excluding hydrogens is 467 g/mol. The molecule has 0 saturated carbocycles. The molecule has 2 aromatic rings. The number of nitrogens with zero attached hydrogens (tertiary/aromatic N) is 2. The Balaban J connectivity index is 0.00000289. The molecule has 2 atom stereocenters. The SMILES string of the molecule is CCc1ccc(C(=O)C(C)CN2CCN(CC(C)C(=O)c3ccc(CC)cc3)CC2)cc1.Cl.Cl. The van der Waals surface area contributed by atoms with Crippen LogP contribution in [0.4, 0.5) is 0 Å². The summed E-state index contributed by atoms with van der Waals surface area (Å²) in [6.45, 7) is 13.7. The Morgan fingerprint density at radius 2 is 0.941 bits per heavy atom. The van der Waals surface area contributed by atoms with Crippen molar-refractivity contribution in [3.8, 4) is 0 Å². The fourth-order valence-electron chi connectivity index (χ4n) is 4.47. The van der Waals surface area contributed by atoms with Crippen LogP contribution in [0.2, 0.25) is 0 Å². The van der Waals surface area contributed by atoms with Crippen LogP contribution >= 0.6 is 24.8 Å². The van der Waals surface area contributed by atoms with Gasteiger partial charge >= 0.3 is 0 Å². The van der Waals surface area contributed by atoms with Gasteiger partial charge in [0.15, 0.2) is 11.6 Å². The minimum atomic E-state index is -0.0133. The number of ketones is 2. The van der Waals surface area contributed by atoms with Crippen molar-refractivity contribution < 1.29 is 9.59 Å². The Kier molecular flexibility index (Phi) is 13.0. The lowest BCUT2D eigenvalue weighted by Crippen LogP contribution is -2.49. The van der Waals surface area contributed by atoms with Gasteiger partial charge in [0.1, 0.15) is 0 Å². The van der Waals surface area contributed by atoms with Gasteiger partial charge in [0.25, 0.3) is 0 Å². The van der Waals surface area contributed by atoms with Crippen molar-refractivity contribution in [2.75, 3.05) is 39.3 Å². The maximum atomic E-state index is 12.8. The van der Waals surface area contributed by atoms with Crippen LogP contribution in [-0.2, 0) is 12.8 Å². The van der Waals surface area contributed by atoms with Crippen LogP contribution in [0.25, 0.3) is 0 Å². The zero-order valence-corrected chi connectivity index (χ0v) is 22.6. The van der Waals surface area contributed by atoms with Crippen molar-refractivity contribution >= 4 is 36.4 Å². The lowest BCUT2D eigenvalue weighted by atomic mass is 9.96. The molecule has 1 saturated heterocycles. The van der Waals surface area contributed by atoms with E-state index in [1.807, 2.05) is 38.1 Å². The highest BCUT2D eigenvalue weighted by molar-refractivity contribution is 5.98. The number of hydrogen-bond acceptors (Lipinski definition) is 4. The Bertz CT molecular complexity index is 816. The molecule has 1 aliphatic heterocycles. The average Bonchev–Trinajstić information content (AvgIpc) is 2.84. The summed E-state index contributed by atoms with van der Waals surface area (Å²) in [7, 11) is 0. The first-order valence-electron chi connectivity index (χ1n) is 12.1. The summed E-state index contributed by atoms with van der Waals surface area (Å²) in [5, 5.41) is 0. The number of hydrogen-bond donors (Lipinski definition) is 0. The summed E-state index contributed by atoms with van der Waals surface area (Å²) in [6.07, 6.45) is 1.98. The van der Waals surface area contributed by atoms with Crippen LogP contribution in [0.15, 0.2) is 48.5 Å². The van der Waals surface area contributed by atoms with Crippen LogP contribution in [0.5, 0.6) is 0 Å². The topological polar surface area (TPSA) is 40.6 Å².